The third-order valence-corrected chi connectivity index (χ3v) is 7.16. The van der Waals surface area contributed by atoms with Crippen LogP contribution in [0.25, 0.3) is 0 Å². The molecule has 7 nitrogen and oxygen atoms in total. The van der Waals surface area contributed by atoms with Gasteiger partial charge in [-0.2, -0.15) is 0 Å². The molecule has 0 rings (SSSR count). The van der Waals surface area contributed by atoms with Gasteiger partial charge in [-0.05, 0) is 44.4 Å². The van der Waals surface area contributed by atoms with Crippen molar-refractivity contribution in [2.75, 3.05) is 13.1 Å². The molecule has 236 valence electrons. The van der Waals surface area contributed by atoms with E-state index in [1.54, 1.807) is 6.92 Å². The summed E-state index contributed by atoms with van der Waals surface area (Å²) in [7, 11) is 0. The van der Waals surface area contributed by atoms with Crippen LogP contribution in [0.4, 0.5) is 0 Å². The molecular weight excluding hydrogens is 504 g/mol. The normalized spacial score (nSPS) is 12.6. The number of nitrogens with one attached hydrogen (secondary N) is 2. The zero-order chi connectivity index (χ0) is 30.8. The van der Waals surface area contributed by atoms with Crippen LogP contribution < -0.4 is 10.6 Å². The summed E-state index contributed by atoms with van der Waals surface area (Å²) in [5, 5.41) is 23.9. The third-order valence-electron chi connectivity index (χ3n) is 7.16. The molecule has 0 aliphatic heterocycles. The summed E-state index contributed by atoms with van der Waals surface area (Å²) in [6, 6.07) is 0. The molecule has 1 unspecified atom stereocenters. The van der Waals surface area contributed by atoms with E-state index in [1.807, 2.05) is 13.8 Å². The molecule has 0 aliphatic rings. The smallest absolute Gasteiger partial charge is 0.303 e. The number of aliphatic carboxylic acids is 1. The number of unbranched alkanes of at least 4 members (excludes halogenated alkanes) is 11. The van der Waals surface area contributed by atoms with Crippen molar-refractivity contribution in [3.05, 3.63) is 11.3 Å². The standard InChI is InChI=1S/C19H37NO2.C14H27NO3/c1-4-6-7-8-9-10-11-12-13-14-16-20-19(22)18(15-5-2)17(3)21;1-5-11(14(2,3)4)13(18)15-10-8-6-7-9-12(16)17/h21H,4-16H2,1-3H3,(H,20,22);11H,5-10H2,1-4H3,(H,15,18)(H,16,17)/b18-17+;. The molecule has 0 aromatic heterocycles. The van der Waals surface area contributed by atoms with Crippen LogP contribution in [0.15, 0.2) is 11.3 Å². The molecule has 0 heterocycles. The summed E-state index contributed by atoms with van der Waals surface area (Å²) in [6.45, 7) is 15.5. The molecule has 0 saturated carbocycles. The lowest BCUT2D eigenvalue weighted by Crippen LogP contribution is -2.38. The second kappa shape index (κ2) is 25.9. The lowest BCUT2D eigenvalue weighted by Gasteiger charge is -2.28. The monoisotopic (exact) mass is 568 g/mol. The number of carbonyl (C=O) groups excluding carboxylic acids is 2. The van der Waals surface area contributed by atoms with E-state index in [9.17, 15) is 19.5 Å². The topological polar surface area (TPSA) is 116 Å². The van der Waals surface area contributed by atoms with Crippen LogP contribution in [-0.4, -0.2) is 41.1 Å². The van der Waals surface area contributed by atoms with Crippen molar-refractivity contribution in [2.45, 2.75) is 158 Å². The molecule has 0 fully saturated rings. The molecule has 0 bridgehead atoms. The largest absolute Gasteiger partial charge is 0.512 e. The van der Waals surface area contributed by atoms with E-state index >= 15 is 0 Å². The van der Waals surface area contributed by atoms with Gasteiger partial charge < -0.3 is 20.8 Å². The van der Waals surface area contributed by atoms with Crippen LogP contribution in [-0.2, 0) is 14.4 Å². The highest BCUT2D eigenvalue weighted by Gasteiger charge is 2.29. The average Bonchev–Trinajstić information content (AvgIpc) is 2.87. The number of carboxylic acid groups (broad SMARTS) is 1. The summed E-state index contributed by atoms with van der Waals surface area (Å²) >= 11 is 0. The van der Waals surface area contributed by atoms with Crippen LogP contribution in [0.1, 0.15) is 158 Å². The second-order valence-corrected chi connectivity index (χ2v) is 12.1. The van der Waals surface area contributed by atoms with Crippen molar-refractivity contribution in [1.29, 1.82) is 0 Å². The van der Waals surface area contributed by atoms with E-state index in [0.29, 0.717) is 25.0 Å². The zero-order valence-corrected chi connectivity index (χ0v) is 27.1. The van der Waals surface area contributed by atoms with E-state index in [4.69, 9.17) is 5.11 Å². The lowest BCUT2D eigenvalue weighted by molar-refractivity contribution is -0.137. The molecule has 0 aromatic carbocycles. The first-order valence-corrected chi connectivity index (χ1v) is 16.1. The molecule has 2 amide bonds. The zero-order valence-electron chi connectivity index (χ0n) is 27.1. The van der Waals surface area contributed by atoms with Crippen molar-refractivity contribution >= 4 is 17.8 Å². The van der Waals surface area contributed by atoms with Crippen molar-refractivity contribution in [3.63, 3.8) is 0 Å². The maximum absolute atomic E-state index is 12.0. The van der Waals surface area contributed by atoms with Gasteiger partial charge in [0.25, 0.3) is 5.91 Å². The molecule has 0 saturated heterocycles. The molecule has 4 N–H and O–H groups in total. The van der Waals surface area contributed by atoms with Gasteiger partial charge in [0.2, 0.25) is 5.91 Å². The number of carbonyl (C=O) groups is 3. The molecule has 0 spiro atoms. The highest BCUT2D eigenvalue weighted by Crippen LogP contribution is 2.28. The molecule has 40 heavy (non-hydrogen) atoms. The summed E-state index contributed by atoms with van der Waals surface area (Å²) in [5.41, 5.74) is 0.525. The summed E-state index contributed by atoms with van der Waals surface area (Å²) in [6.07, 6.45) is 17.9. The van der Waals surface area contributed by atoms with E-state index in [1.165, 1.54) is 57.8 Å². The van der Waals surface area contributed by atoms with Crippen molar-refractivity contribution in [2.24, 2.45) is 11.3 Å². The fraction of sp³-hybridized carbons (Fsp3) is 0.848. The highest BCUT2D eigenvalue weighted by molar-refractivity contribution is 5.93. The first-order chi connectivity index (χ1) is 18.9. The van der Waals surface area contributed by atoms with E-state index in [-0.39, 0.29) is 35.3 Å². The van der Waals surface area contributed by atoms with Crippen molar-refractivity contribution < 1.29 is 24.6 Å². The SMILES string of the molecule is CCC(C(=O)NCCCCCC(=O)O)C(C)(C)C.CCCCCCCCCCCCNC(=O)/C(CCC)=C(\C)O. The van der Waals surface area contributed by atoms with Gasteiger partial charge in [0.15, 0.2) is 0 Å². The highest BCUT2D eigenvalue weighted by atomic mass is 16.4. The minimum atomic E-state index is -0.752. The Hall–Kier alpha value is -2.05. The lowest BCUT2D eigenvalue weighted by atomic mass is 9.78. The number of hydrogen-bond donors (Lipinski definition) is 4. The Morgan fingerprint density at radius 3 is 1.55 bits per heavy atom. The van der Waals surface area contributed by atoms with Crippen molar-refractivity contribution in [1.82, 2.24) is 10.6 Å². The van der Waals surface area contributed by atoms with Gasteiger partial charge in [0.1, 0.15) is 0 Å². The molecule has 1 atom stereocenters. The Morgan fingerprint density at radius 2 is 1.12 bits per heavy atom. The number of amides is 2. The molecule has 0 radical (unpaired) electrons. The van der Waals surface area contributed by atoms with E-state index < -0.39 is 5.97 Å². The number of carboxylic acids is 1. The van der Waals surface area contributed by atoms with Gasteiger partial charge in [-0.15, -0.1) is 0 Å². The van der Waals surface area contributed by atoms with Gasteiger partial charge in [-0.1, -0.05) is 112 Å². The Balaban J connectivity index is 0. The van der Waals surface area contributed by atoms with Crippen LogP contribution in [0, 0.1) is 11.3 Å². The molecular formula is C33H64N2O5. The second-order valence-electron chi connectivity index (χ2n) is 12.1. The average molecular weight is 569 g/mol. The first kappa shape index (κ1) is 40.1. The Kier molecular flexibility index (Phi) is 25.9. The minimum absolute atomic E-state index is 0.0118. The predicted molar refractivity (Wildman–Crippen MR) is 167 cm³/mol. The van der Waals surface area contributed by atoms with Crippen LogP contribution >= 0.6 is 0 Å². The van der Waals surface area contributed by atoms with Crippen LogP contribution in [0.2, 0.25) is 0 Å². The summed E-state index contributed by atoms with van der Waals surface area (Å²) in [5.74, 6) is -0.544. The maximum atomic E-state index is 12.0. The number of hydrogen-bond acceptors (Lipinski definition) is 4. The van der Waals surface area contributed by atoms with Crippen LogP contribution in [0.3, 0.4) is 0 Å². The number of aliphatic hydroxyl groups is 1. The maximum Gasteiger partial charge on any atom is 0.303 e. The van der Waals surface area contributed by atoms with Gasteiger partial charge in [-0.25, -0.2) is 0 Å². The van der Waals surface area contributed by atoms with Crippen LogP contribution in [0.5, 0.6) is 0 Å². The number of rotatable bonds is 22. The Morgan fingerprint density at radius 1 is 0.650 bits per heavy atom. The van der Waals surface area contributed by atoms with Crippen molar-refractivity contribution in [3.8, 4) is 0 Å². The van der Waals surface area contributed by atoms with E-state index in [0.717, 1.165) is 38.6 Å². The predicted octanol–water partition coefficient (Wildman–Crippen LogP) is 8.48. The fourth-order valence-electron chi connectivity index (χ4n) is 4.73. The van der Waals surface area contributed by atoms with Gasteiger partial charge in [0, 0.05) is 25.4 Å². The molecule has 0 aromatic rings. The fourth-order valence-corrected chi connectivity index (χ4v) is 4.73. The Bertz CT molecular complexity index is 693. The minimum Gasteiger partial charge on any atom is -0.512 e. The Labute approximate surface area is 246 Å². The molecule has 7 heteroatoms. The molecule has 0 aliphatic carbocycles. The van der Waals surface area contributed by atoms with Gasteiger partial charge in [0.05, 0.1) is 11.3 Å². The third kappa shape index (κ3) is 23.8. The summed E-state index contributed by atoms with van der Waals surface area (Å²) < 4.78 is 0. The summed E-state index contributed by atoms with van der Waals surface area (Å²) in [4.78, 5) is 34.2. The van der Waals surface area contributed by atoms with E-state index in [2.05, 4.69) is 38.3 Å². The number of allylic oxidation sites excluding steroid dienone is 1. The first-order valence-electron chi connectivity index (χ1n) is 16.1. The quantitative estimate of drug-likeness (QED) is 0.0594. The van der Waals surface area contributed by atoms with Gasteiger partial charge in [-0.3, -0.25) is 14.4 Å². The van der Waals surface area contributed by atoms with Gasteiger partial charge >= 0.3 is 5.97 Å². The number of aliphatic hydroxyl groups excluding tert-OH is 1.